The van der Waals surface area contributed by atoms with Crippen molar-refractivity contribution in [2.75, 3.05) is 11.4 Å². The largest absolute Gasteiger partial charge is 0.459 e. The van der Waals surface area contributed by atoms with Gasteiger partial charge in [-0.3, -0.25) is 14.9 Å². The lowest BCUT2D eigenvalue weighted by molar-refractivity contribution is -0.384. The molecular weight excluding hydrogens is 344 g/mol. The Balaban J connectivity index is 1.56. The highest BCUT2D eigenvalue weighted by Gasteiger charge is 2.27. The predicted molar refractivity (Wildman–Crippen MR) is 87.6 cm³/mol. The Morgan fingerprint density at radius 1 is 1.35 bits per heavy atom. The number of amides is 1. The lowest BCUT2D eigenvalue weighted by Crippen LogP contribution is -2.35. The van der Waals surface area contributed by atoms with E-state index in [2.05, 4.69) is 5.10 Å². The summed E-state index contributed by atoms with van der Waals surface area (Å²) in [6.45, 7) is 0.0758. The number of rotatable bonds is 4. The zero-order chi connectivity index (χ0) is 18.3. The van der Waals surface area contributed by atoms with Crippen LogP contribution in [0.1, 0.15) is 5.56 Å². The molecule has 1 aliphatic rings. The van der Waals surface area contributed by atoms with E-state index in [0.29, 0.717) is 18.7 Å². The first-order valence-corrected chi connectivity index (χ1v) is 7.72. The van der Waals surface area contributed by atoms with Crippen molar-refractivity contribution in [1.82, 2.24) is 9.78 Å². The molecule has 4 rings (SSSR count). The smallest absolute Gasteiger partial charge is 0.437 e. The number of hydrogen-bond donors (Lipinski definition) is 0. The van der Waals surface area contributed by atoms with E-state index in [1.807, 2.05) is 0 Å². The minimum Gasteiger partial charge on any atom is -0.459 e. The van der Waals surface area contributed by atoms with E-state index in [0.717, 1.165) is 10.2 Å². The van der Waals surface area contributed by atoms with Crippen molar-refractivity contribution in [2.24, 2.45) is 0 Å². The van der Waals surface area contributed by atoms with Crippen LogP contribution >= 0.6 is 0 Å². The fraction of sp³-hybridized carbons (Fsp3) is 0.188. The summed E-state index contributed by atoms with van der Waals surface area (Å²) in [5, 5.41) is 14.8. The Labute approximate surface area is 145 Å². The normalized spacial score (nSPS) is 13.0. The first-order valence-electron chi connectivity index (χ1n) is 7.72. The zero-order valence-corrected chi connectivity index (χ0v) is 13.3. The van der Waals surface area contributed by atoms with Crippen molar-refractivity contribution in [1.29, 1.82) is 0 Å². The van der Waals surface area contributed by atoms with E-state index in [1.54, 1.807) is 12.1 Å². The summed E-state index contributed by atoms with van der Waals surface area (Å²) in [7, 11) is 0. The molecule has 0 bridgehead atoms. The second-order valence-corrected chi connectivity index (χ2v) is 5.67. The monoisotopic (exact) mass is 356 g/mol. The number of aromatic nitrogens is 2. The number of nitro groups is 1. The quantitative estimate of drug-likeness (QED) is 0.513. The van der Waals surface area contributed by atoms with Crippen molar-refractivity contribution in [3.05, 3.63) is 62.8 Å². The van der Waals surface area contributed by atoms with Crippen molar-refractivity contribution < 1.29 is 18.6 Å². The summed E-state index contributed by atoms with van der Waals surface area (Å²) in [4.78, 5) is 36.3. The minimum absolute atomic E-state index is 0.00903. The minimum atomic E-state index is -0.770. The molecule has 0 fully saturated rings. The molecule has 26 heavy (non-hydrogen) atoms. The molecule has 0 spiro atoms. The van der Waals surface area contributed by atoms with Crippen LogP contribution in [-0.4, -0.2) is 27.2 Å². The Hall–Kier alpha value is -3.69. The molecule has 3 aromatic rings. The second kappa shape index (κ2) is 5.99. The number of furan rings is 1. The number of anilines is 1. The van der Waals surface area contributed by atoms with E-state index in [9.17, 15) is 19.7 Å². The summed E-state index contributed by atoms with van der Waals surface area (Å²) in [5.41, 5.74) is 1.30. The number of carbonyl (C=O) groups is 1. The highest BCUT2D eigenvalue weighted by Crippen LogP contribution is 2.31. The van der Waals surface area contributed by atoms with E-state index in [-0.39, 0.29) is 29.8 Å². The third kappa shape index (κ3) is 2.66. The Kier molecular flexibility index (Phi) is 3.64. The van der Waals surface area contributed by atoms with E-state index >= 15 is 0 Å². The van der Waals surface area contributed by atoms with Crippen LogP contribution in [0.15, 0.2) is 50.2 Å². The van der Waals surface area contributed by atoms with Gasteiger partial charge in [-0.25, -0.2) is 4.79 Å². The molecule has 0 N–H and O–H groups in total. The zero-order valence-electron chi connectivity index (χ0n) is 13.3. The summed E-state index contributed by atoms with van der Waals surface area (Å²) in [6, 6.07) is 7.56. The van der Waals surface area contributed by atoms with Gasteiger partial charge in [0, 0.05) is 24.4 Å². The Morgan fingerprint density at radius 2 is 2.19 bits per heavy atom. The molecule has 3 heterocycles. The second-order valence-electron chi connectivity index (χ2n) is 5.67. The number of benzene rings is 1. The van der Waals surface area contributed by atoms with Gasteiger partial charge < -0.3 is 13.7 Å². The van der Waals surface area contributed by atoms with Gasteiger partial charge in [-0.05, 0) is 30.2 Å². The molecule has 2 aromatic heterocycles. The number of carbonyl (C=O) groups excluding carboxylic acids is 1. The number of nitro benzene ring substituents is 1. The summed E-state index contributed by atoms with van der Waals surface area (Å²) >= 11 is 0. The molecule has 1 aromatic carbocycles. The van der Waals surface area contributed by atoms with Gasteiger partial charge in [0.15, 0.2) is 5.76 Å². The number of hydrogen-bond acceptors (Lipinski definition) is 7. The summed E-state index contributed by atoms with van der Waals surface area (Å²) < 4.78 is 11.0. The van der Waals surface area contributed by atoms with Crippen LogP contribution in [0.5, 0.6) is 0 Å². The molecule has 132 valence electrons. The fourth-order valence-corrected chi connectivity index (χ4v) is 2.88. The molecule has 0 saturated heterocycles. The van der Waals surface area contributed by atoms with Gasteiger partial charge in [-0.1, -0.05) is 0 Å². The van der Waals surface area contributed by atoms with Gasteiger partial charge in [-0.2, -0.15) is 4.68 Å². The molecule has 10 heteroatoms. The predicted octanol–water partition coefficient (Wildman–Crippen LogP) is 1.59. The highest BCUT2D eigenvalue weighted by atomic mass is 16.6. The van der Waals surface area contributed by atoms with Crippen molar-refractivity contribution in [3.8, 4) is 11.7 Å². The average molecular weight is 356 g/mol. The average Bonchev–Trinajstić information content (AvgIpc) is 3.34. The van der Waals surface area contributed by atoms with E-state index in [1.165, 1.54) is 29.4 Å². The van der Waals surface area contributed by atoms with Gasteiger partial charge in [0.2, 0.25) is 5.91 Å². The van der Waals surface area contributed by atoms with Crippen LogP contribution in [0, 0.1) is 10.1 Å². The highest BCUT2D eigenvalue weighted by molar-refractivity contribution is 5.95. The third-order valence-electron chi connectivity index (χ3n) is 4.09. The fourth-order valence-electron chi connectivity index (χ4n) is 2.88. The van der Waals surface area contributed by atoms with Crippen molar-refractivity contribution >= 4 is 17.3 Å². The molecule has 0 atom stereocenters. The molecule has 0 unspecified atom stereocenters. The number of non-ortho nitro benzene ring substituents is 1. The standard InChI is InChI=1S/C16H12N4O6/c21-14(9-19-16(22)26-15(17-19)13-2-1-7-25-13)18-6-5-10-8-11(20(23)24)3-4-12(10)18/h1-4,7-8H,5-6,9H2. The Morgan fingerprint density at radius 3 is 2.92 bits per heavy atom. The first kappa shape index (κ1) is 15.8. The maximum absolute atomic E-state index is 12.6. The van der Waals surface area contributed by atoms with Crippen LogP contribution in [0.25, 0.3) is 11.7 Å². The van der Waals surface area contributed by atoms with E-state index in [4.69, 9.17) is 8.83 Å². The van der Waals surface area contributed by atoms with Gasteiger partial charge in [-0.15, -0.1) is 5.10 Å². The molecule has 10 nitrogen and oxygen atoms in total. The lowest BCUT2D eigenvalue weighted by Gasteiger charge is -2.16. The van der Waals surface area contributed by atoms with Gasteiger partial charge in [0.05, 0.1) is 11.2 Å². The van der Waals surface area contributed by atoms with Crippen LogP contribution in [0.2, 0.25) is 0 Å². The van der Waals surface area contributed by atoms with Gasteiger partial charge >= 0.3 is 5.76 Å². The summed E-state index contributed by atoms with van der Waals surface area (Å²) in [6.07, 6.45) is 1.92. The molecule has 1 aliphatic heterocycles. The van der Waals surface area contributed by atoms with Gasteiger partial charge in [0.25, 0.3) is 11.6 Å². The van der Waals surface area contributed by atoms with Crippen LogP contribution in [-0.2, 0) is 17.8 Å². The SMILES string of the molecule is O=C(Cn1nc(-c2ccco2)oc1=O)N1CCc2cc([N+](=O)[O-])ccc21. The van der Waals surface area contributed by atoms with Crippen molar-refractivity contribution in [3.63, 3.8) is 0 Å². The third-order valence-corrected chi connectivity index (χ3v) is 4.09. The maximum atomic E-state index is 12.6. The molecule has 0 radical (unpaired) electrons. The number of nitrogens with zero attached hydrogens (tertiary/aromatic N) is 4. The van der Waals surface area contributed by atoms with Crippen molar-refractivity contribution in [2.45, 2.75) is 13.0 Å². The molecule has 0 saturated carbocycles. The molecule has 1 amide bonds. The Bertz CT molecular complexity index is 1050. The molecular formula is C16H12N4O6. The topological polar surface area (TPSA) is 125 Å². The van der Waals surface area contributed by atoms with Gasteiger partial charge in [0.1, 0.15) is 6.54 Å². The summed E-state index contributed by atoms with van der Waals surface area (Å²) in [5.74, 6) is -0.857. The van der Waals surface area contributed by atoms with Crippen LogP contribution < -0.4 is 10.7 Å². The van der Waals surface area contributed by atoms with Crippen LogP contribution in [0.3, 0.4) is 0 Å². The maximum Gasteiger partial charge on any atom is 0.437 e. The number of fused-ring (bicyclic) bond motifs is 1. The lowest BCUT2D eigenvalue weighted by atomic mass is 10.1. The molecule has 0 aliphatic carbocycles. The van der Waals surface area contributed by atoms with Crippen LogP contribution in [0.4, 0.5) is 11.4 Å². The van der Waals surface area contributed by atoms with E-state index < -0.39 is 10.7 Å². The first-order chi connectivity index (χ1) is 12.5.